The van der Waals surface area contributed by atoms with E-state index in [1.807, 2.05) is 0 Å². The van der Waals surface area contributed by atoms with Gasteiger partial charge in [-0.15, -0.1) is 0 Å². The van der Waals surface area contributed by atoms with E-state index in [1.54, 1.807) is 0 Å². The number of hydrogen-bond donors (Lipinski definition) is 1. The summed E-state index contributed by atoms with van der Waals surface area (Å²) in [6, 6.07) is 0.790. The third-order valence-corrected chi connectivity index (χ3v) is 1.96. The fourth-order valence-electron chi connectivity index (χ4n) is 1.30. The fourth-order valence-corrected chi connectivity index (χ4v) is 1.30. The van der Waals surface area contributed by atoms with Crippen LogP contribution in [0.25, 0.3) is 0 Å². The second-order valence-corrected chi connectivity index (χ2v) is 2.84. The topological polar surface area (TPSA) is 125 Å². The minimum atomic E-state index is -0.972. The van der Waals surface area contributed by atoms with Gasteiger partial charge in [-0.1, -0.05) is 0 Å². The van der Waals surface area contributed by atoms with E-state index < -0.39 is 32.7 Å². The summed E-state index contributed by atoms with van der Waals surface area (Å²) in [7, 11) is 2.15. The van der Waals surface area contributed by atoms with Crippen LogP contribution in [0.4, 0.5) is 11.4 Å². The van der Waals surface area contributed by atoms with Crippen LogP contribution in [0.15, 0.2) is 6.07 Å². The minimum absolute atomic E-state index is 0.324. The highest BCUT2D eigenvalue weighted by Crippen LogP contribution is 2.48. The highest BCUT2D eigenvalue weighted by Gasteiger charge is 2.35. The first kappa shape index (κ1) is 12.5. The zero-order valence-electron chi connectivity index (χ0n) is 8.87. The zero-order valence-corrected chi connectivity index (χ0v) is 8.87. The number of benzene rings is 1. The molecule has 0 saturated carbocycles. The van der Waals surface area contributed by atoms with Crippen molar-refractivity contribution in [1.29, 1.82) is 0 Å². The summed E-state index contributed by atoms with van der Waals surface area (Å²) in [5.74, 6) is -1.75. The number of aromatic hydroxyl groups is 1. The number of phenols is 1. The average Bonchev–Trinajstić information content (AvgIpc) is 2.25. The summed E-state index contributed by atoms with van der Waals surface area (Å²) in [5.41, 5.74) is -1.58. The van der Waals surface area contributed by atoms with Gasteiger partial charge in [-0.2, -0.15) is 0 Å². The zero-order chi connectivity index (χ0) is 13.2. The first-order chi connectivity index (χ1) is 7.93. The number of ether oxygens (including phenoxy) is 2. The van der Waals surface area contributed by atoms with Gasteiger partial charge in [0.05, 0.1) is 24.1 Å². The Kier molecular flexibility index (Phi) is 3.31. The Balaban J connectivity index is 3.71. The highest BCUT2D eigenvalue weighted by molar-refractivity contribution is 5.72. The molecule has 0 amide bonds. The maximum atomic E-state index is 10.8. The molecule has 17 heavy (non-hydrogen) atoms. The normalized spacial score (nSPS) is 9.76. The van der Waals surface area contributed by atoms with Crippen LogP contribution in [0.3, 0.4) is 0 Å². The predicted molar refractivity (Wildman–Crippen MR) is 54.5 cm³/mol. The molecule has 0 spiro atoms. The Labute approximate surface area is 94.5 Å². The molecule has 0 radical (unpaired) electrons. The first-order valence-corrected chi connectivity index (χ1v) is 4.20. The number of phenolic OH excluding ortho intramolecular Hbond substituents is 1. The summed E-state index contributed by atoms with van der Waals surface area (Å²) in [6.45, 7) is 0. The number of nitrogens with zero attached hydrogens (tertiary/aromatic N) is 2. The van der Waals surface area contributed by atoms with Crippen molar-refractivity contribution in [2.75, 3.05) is 14.2 Å². The fraction of sp³-hybridized carbons (Fsp3) is 0.250. The second kappa shape index (κ2) is 4.51. The van der Waals surface area contributed by atoms with Gasteiger partial charge in [-0.3, -0.25) is 20.2 Å². The van der Waals surface area contributed by atoms with E-state index in [2.05, 4.69) is 9.47 Å². The van der Waals surface area contributed by atoms with Crippen molar-refractivity contribution >= 4 is 11.4 Å². The van der Waals surface area contributed by atoms with Crippen molar-refractivity contribution < 1.29 is 24.4 Å². The Bertz CT molecular complexity index is 485. The van der Waals surface area contributed by atoms with Gasteiger partial charge in [0.2, 0.25) is 11.5 Å². The van der Waals surface area contributed by atoms with Crippen molar-refractivity contribution in [3.05, 3.63) is 26.3 Å². The summed E-state index contributed by atoms with van der Waals surface area (Å²) in [6.07, 6.45) is 0. The van der Waals surface area contributed by atoms with E-state index in [-0.39, 0.29) is 5.75 Å². The Morgan fingerprint density at radius 3 is 2.00 bits per heavy atom. The molecule has 1 aromatic rings. The summed E-state index contributed by atoms with van der Waals surface area (Å²) >= 11 is 0. The molecule has 1 aromatic carbocycles. The predicted octanol–water partition coefficient (Wildman–Crippen LogP) is 1.23. The second-order valence-electron chi connectivity index (χ2n) is 2.84. The number of rotatable bonds is 4. The summed E-state index contributed by atoms with van der Waals surface area (Å²) in [4.78, 5) is 19.6. The van der Waals surface area contributed by atoms with Crippen LogP contribution in [0.2, 0.25) is 0 Å². The number of nitro groups is 2. The Morgan fingerprint density at radius 1 is 1.12 bits per heavy atom. The van der Waals surface area contributed by atoms with Gasteiger partial charge in [0, 0.05) is 6.07 Å². The molecule has 92 valence electrons. The lowest BCUT2D eigenvalue weighted by molar-refractivity contribution is -0.397. The molecule has 0 heterocycles. The van der Waals surface area contributed by atoms with Gasteiger partial charge in [-0.25, -0.2) is 0 Å². The van der Waals surface area contributed by atoms with Gasteiger partial charge in [-0.05, 0) is 0 Å². The molecule has 0 fully saturated rings. The molecule has 0 aromatic heterocycles. The molecule has 1 rings (SSSR count). The van der Waals surface area contributed by atoms with Gasteiger partial charge in [0.1, 0.15) is 0 Å². The van der Waals surface area contributed by atoms with Crippen LogP contribution in [-0.2, 0) is 0 Å². The number of nitro benzene ring substituents is 2. The SMILES string of the molecule is COc1cc(O)c([N+](=O)[O-])c(OC)c1[N+](=O)[O-]. The van der Waals surface area contributed by atoms with Crippen LogP contribution in [0.1, 0.15) is 0 Å². The van der Waals surface area contributed by atoms with E-state index in [9.17, 15) is 25.3 Å². The molecule has 0 atom stereocenters. The standard InChI is InChI=1S/C8H8N2O7/c1-16-5-3-4(11)6(9(12)13)8(17-2)7(5)10(14)15/h3,11H,1-2H3. The van der Waals surface area contributed by atoms with Crippen molar-refractivity contribution in [1.82, 2.24) is 0 Å². The van der Waals surface area contributed by atoms with Gasteiger partial charge in [0.15, 0.2) is 0 Å². The molecular formula is C8H8N2O7. The van der Waals surface area contributed by atoms with Gasteiger partial charge < -0.3 is 14.6 Å². The maximum Gasteiger partial charge on any atom is 0.359 e. The van der Waals surface area contributed by atoms with Crippen LogP contribution >= 0.6 is 0 Å². The van der Waals surface area contributed by atoms with Gasteiger partial charge >= 0.3 is 11.4 Å². The number of methoxy groups -OCH3 is 2. The molecule has 0 unspecified atom stereocenters. The number of hydrogen-bond acceptors (Lipinski definition) is 7. The molecule has 0 bridgehead atoms. The third-order valence-electron chi connectivity index (χ3n) is 1.96. The molecule has 9 nitrogen and oxygen atoms in total. The minimum Gasteiger partial charge on any atom is -0.502 e. The van der Waals surface area contributed by atoms with Crippen molar-refractivity contribution in [2.24, 2.45) is 0 Å². The van der Waals surface area contributed by atoms with E-state index in [4.69, 9.17) is 0 Å². The smallest absolute Gasteiger partial charge is 0.359 e. The lowest BCUT2D eigenvalue weighted by Crippen LogP contribution is -2.01. The molecule has 0 aliphatic heterocycles. The Morgan fingerprint density at radius 2 is 1.65 bits per heavy atom. The van der Waals surface area contributed by atoms with E-state index in [0.29, 0.717) is 0 Å². The highest BCUT2D eigenvalue weighted by atomic mass is 16.6. The molecule has 0 aliphatic carbocycles. The van der Waals surface area contributed by atoms with Crippen LogP contribution in [0.5, 0.6) is 17.2 Å². The lowest BCUT2D eigenvalue weighted by atomic mass is 10.2. The quantitative estimate of drug-likeness (QED) is 0.623. The first-order valence-electron chi connectivity index (χ1n) is 4.20. The van der Waals surface area contributed by atoms with E-state index in [0.717, 1.165) is 20.3 Å². The molecule has 9 heteroatoms. The van der Waals surface area contributed by atoms with Crippen molar-refractivity contribution in [3.63, 3.8) is 0 Å². The summed E-state index contributed by atoms with van der Waals surface area (Å²) < 4.78 is 9.26. The van der Waals surface area contributed by atoms with E-state index >= 15 is 0 Å². The maximum absolute atomic E-state index is 10.8. The van der Waals surface area contributed by atoms with Gasteiger partial charge in [0.25, 0.3) is 5.75 Å². The average molecular weight is 244 g/mol. The summed E-state index contributed by atoms with van der Waals surface area (Å²) in [5, 5.41) is 30.9. The van der Waals surface area contributed by atoms with Crippen LogP contribution in [0, 0.1) is 20.2 Å². The molecule has 0 saturated heterocycles. The molecule has 0 aliphatic rings. The monoisotopic (exact) mass is 244 g/mol. The van der Waals surface area contributed by atoms with Crippen molar-refractivity contribution in [3.8, 4) is 17.2 Å². The van der Waals surface area contributed by atoms with Crippen LogP contribution < -0.4 is 9.47 Å². The van der Waals surface area contributed by atoms with Crippen LogP contribution in [-0.4, -0.2) is 29.2 Å². The van der Waals surface area contributed by atoms with Crippen molar-refractivity contribution in [2.45, 2.75) is 0 Å². The third kappa shape index (κ3) is 2.02. The Hall–Kier alpha value is -2.58. The molecule has 1 N–H and O–H groups in total. The lowest BCUT2D eigenvalue weighted by Gasteiger charge is -2.07. The molecular weight excluding hydrogens is 236 g/mol. The largest absolute Gasteiger partial charge is 0.502 e. The van der Waals surface area contributed by atoms with E-state index in [1.165, 1.54) is 0 Å².